The van der Waals surface area contributed by atoms with Crippen LogP contribution in [0.1, 0.15) is 25.1 Å². The highest BCUT2D eigenvalue weighted by atomic mass is 16.4. The first-order chi connectivity index (χ1) is 8.65. The third-order valence-electron chi connectivity index (χ3n) is 2.93. The molecule has 18 heavy (non-hydrogen) atoms. The molecule has 1 saturated heterocycles. The van der Waals surface area contributed by atoms with Crippen molar-refractivity contribution in [3.05, 3.63) is 11.9 Å². The SMILES string of the molecule is Cc1nc(NCC(=O)O)cc(N2CCCCC2)n1. The summed E-state index contributed by atoms with van der Waals surface area (Å²) in [5.74, 6) is 1.22. The lowest BCUT2D eigenvalue weighted by Crippen LogP contribution is -2.30. The number of hydrogen-bond donors (Lipinski definition) is 2. The topological polar surface area (TPSA) is 78.3 Å². The van der Waals surface area contributed by atoms with Crippen molar-refractivity contribution in [2.45, 2.75) is 26.2 Å². The number of carboxylic acid groups (broad SMARTS) is 1. The van der Waals surface area contributed by atoms with Gasteiger partial charge in [-0.1, -0.05) is 0 Å². The molecule has 1 fully saturated rings. The number of aliphatic carboxylic acids is 1. The Balaban J connectivity index is 2.12. The molecule has 2 N–H and O–H groups in total. The minimum absolute atomic E-state index is 0.129. The van der Waals surface area contributed by atoms with E-state index >= 15 is 0 Å². The van der Waals surface area contributed by atoms with Crippen molar-refractivity contribution in [3.63, 3.8) is 0 Å². The van der Waals surface area contributed by atoms with E-state index in [1.165, 1.54) is 19.3 Å². The minimum Gasteiger partial charge on any atom is -0.480 e. The molecule has 1 aliphatic rings. The fraction of sp³-hybridized carbons (Fsp3) is 0.583. The van der Waals surface area contributed by atoms with Crippen LogP contribution in [0.3, 0.4) is 0 Å². The average Bonchev–Trinajstić information content (AvgIpc) is 2.37. The van der Waals surface area contributed by atoms with Gasteiger partial charge in [0, 0.05) is 19.2 Å². The van der Waals surface area contributed by atoms with Gasteiger partial charge in [0.1, 0.15) is 24.0 Å². The first-order valence-corrected chi connectivity index (χ1v) is 6.21. The number of nitrogens with one attached hydrogen (secondary N) is 1. The number of carboxylic acids is 1. The molecule has 1 aromatic rings. The molecule has 98 valence electrons. The van der Waals surface area contributed by atoms with Gasteiger partial charge in [-0.2, -0.15) is 0 Å². The molecule has 2 heterocycles. The largest absolute Gasteiger partial charge is 0.480 e. The van der Waals surface area contributed by atoms with Crippen molar-refractivity contribution in [1.82, 2.24) is 9.97 Å². The van der Waals surface area contributed by atoms with Gasteiger partial charge >= 0.3 is 5.97 Å². The first kappa shape index (κ1) is 12.6. The molecule has 0 bridgehead atoms. The maximum Gasteiger partial charge on any atom is 0.322 e. The summed E-state index contributed by atoms with van der Waals surface area (Å²) in [6.07, 6.45) is 3.63. The van der Waals surface area contributed by atoms with Crippen LogP contribution in [0.4, 0.5) is 11.6 Å². The van der Waals surface area contributed by atoms with E-state index in [9.17, 15) is 4.79 Å². The molecular weight excluding hydrogens is 232 g/mol. The van der Waals surface area contributed by atoms with Gasteiger partial charge in [-0.25, -0.2) is 9.97 Å². The van der Waals surface area contributed by atoms with Crippen LogP contribution >= 0.6 is 0 Å². The standard InChI is InChI=1S/C12H18N4O2/c1-9-14-10(13-8-12(17)18)7-11(15-9)16-5-3-2-4-6-16/h7H,2-6,8H2,1H3,(H,17,18)(H,13,14,15). The van der Waals surface area contributed by atoms with Crippen LogP contribution in [-0.2, 0) is 4.79 Å². The highest BCUT2D eigenvalue weighted by Crippen LogP contribution is 2.20. The van der Waals surface area contributed by atoms with Crippen molar-refractivity contribution in [2.75, 3.05) is 29.9 Å². The molecule has 0 amide bonds. The molecule has 1 aliphatic heterocycles. The summed E-state index contributed by atoms with van der Waals surface area (Å²) in [4.78, 5) is 21.4. The minimum atomic E-state index is -0.897. The smallest absolute Gasteiger partial charge is 0.322 e. The third-order valence-corrected chi connectivity index (χ3v) is 2.93. The van der Waals surface area contributed by atoms with Crippen LogP contribution in [0.5, 0.6) is 0 Å². The van der Waals surface area contributed by atoms with E-state index in [4.69, 9.17) is 5.11 Å². The molecular formula is C12H18N4O2. The molecule has 0 unspecified atom stereocenters. The molecule has 0 spiro atoms. The Morgan fingerprint density at radius 3 is 2.78 bits per heavy atom. The van der Waals surface area contributed by atoms with E-state index in [1.54, 1.807) is 0 Å². The normalized spacial score (nSPS) is 15.5. The van der Waals surface area contributed by atoms with Crippen molar-refractivity contribution < 1.29 is 9.90 Å². The quantitative estimate of drug-likeness (QED) is 0.838. The summed E-state index contributed by atoms with van der Waals surface area (Å²) in [5, 5.41) is 11.4. The van der Waals surface area contributed by atoms with Crippen molar-refractivity contribution in [2.24, 2.45) is 0 Å². The lowest BCUT2D eigenvalue weighted by Gasteiger charge is -2.28. The second-order valence-electron chi connectivity index (χ2n) is 4.45. The zero-order chi connectivity index (χ0) is 13.0. The zero-order valence-electron chi connectivity index (χ0n) is 10.5. The molecule has 6 nitrogen and oxygen atoms in total. The van der Waals surface area contributed by atoms with Crippen LogP contribution in [0.15, 0.2) is 6.07 Å². The van der Waals surface area contributed by atoms with Crippen molar-refractivity contribution >= 4 is 17.6 Å². The van der Waals surface area contributed by atoms with E-state index < -0.39 is 5.97 Å². The van der Waals surface area contributed by atoms with Gasteiger partial charge in [0.25, 0.3) is 0 Å². The second-order valence-corrected chi connectivity index (χ2v) is 4.45. The third kappa shape index (κ3) is 3.32. The Morgan fingerprint density at radius 1 is 1.39 bits per heavy atom. The van der Waals surface area contributed by atoms with E-state index in [1.807, 2.05) is 13.0 Å². The van der Waals surface area contributed by atoms with Crippen LogP contribution in [-0.4, -0.2) is 40.7 Å². The summed E-state index contributed by atoms with van der Waals surface area (Å²) >= 11 is 0. The number of nitrogens with zero attached hydrogens (tertiary/aromatic N) is 3. The lowest BCUT2D eigenvalue weighted by molar-refractivity contribution is -0.134. The molecule has 0 aliphatic carbocycles. The van der Waals surface area contributed by atoms with Crippen molar-refractivity contribution in [3.8, 4) is 0 Å². The molecule has 0 radical (unpaired) electrons. The summed E-state index contributed by atoms with van der Waals surface area (Å²) in [5.41, 5.74) is 0. The summed E-state index contributed by atoms with van der Waals surface area (Å²) in [6.45, 7) is 3.71. The average molecular weight is 250 g/mol. The van der Waals surface area contributed by atoms with E-state index in [-0.39, 0.29) is 6.54 Å². The number of carbonyl (C=O) groups is 1. The highest BCUT2D eigenvalue weighted by molar-refractivity contribution is 5.72. The second kappa shape index (κ2) is 5.66. The van der Waals surface area contributed by atoms with E-state index in [0.717, 1.165) is 18.9 Å². The first-order valence-electron chi connectivity index (χ1n) is 6.21. The molecule has 0 aromatic carbocycles. The summed E-state index contributed by atoms with van der Waals surface area (Å²) in [6, 6.07) is 1.82. The summed E-state index contributed by atoms with van der Waals surface area (Å²) in [7, 11) is 0. The van der Waals surface area contributed by atoms with Gasteiger partial charge in [0.05, 0.1) is 0 Å². The van der Waals surface area contributed by atoms with Crippen LogP contribution in [0, 0.1) is 6.92 Å². The van der Waals surface area contributed by atoms with Crippen molar-refractivity contribution in [1.29, 1.82) is 0 Å². The van der Waals surface area contributed by atoms with Gasteiger partial charge in [-0.05, 0) is 26.2 Å². The van der Waals surface area contributed by atoms with Crippen LogP contribution in [0.25, 0.3) is 0 Å². The van der Waals surface area contributed by atoms with Gasteiger partial charge in [0.15, 0.2) is 0 Å². The van der Waals surface area contributed by atoms with Crippen LogP contribution in [0.2, 0.25) is 0 Å². The molecule has 2 rings (SSSR count). The molecule has 0 atom stereocenters. The fourth-order valence-electron chi connectivity index (χ4n) is 2.09. The highest BCUT2D eigenvalue weighted by Gasteiger charge is 2.13. The monoisotopic (exact) mass is 250 g/mol. The number of anilines is 2. The number of hydrogen-bond acceptors (Lipinski definition) is 5. The number of aryl methyl sites for hydroxylation is 1. The Kier molecular flexibility index (Phi) is 3.96. The Bertz CT molecular complexity index is 430. The van der Waals surface area contributed by atoms with Gasteiger partial charge in [-0.15, -0.1) is 0 Å². The maximum absolute atomic E-state index is 10.5. The zero-order valence-corrected chi connectivity index (χ0v) is 10.5. The van der Waals surface area contributed by atoms with Gasteiger partial charge < -0.3 is 15.3 Å². The predicted octanol–water partition coefficient (Wildman–Crippen LogP) is 1.27. The Labute approximate surface area is 106 Å². The van der Waals surface area contributed by atoms with Gasteiger partial charge in [-0.3, -0.25) is 4.79 Å². The predicted molar refractivity (Wildman–Crippen MR) is 69.0 cm³/mol. The summed E-state index contributed by atoms with van der Waals surface area (Å²) < 4.78 is 0. The molecule has 6 heteroatoms. The lowest BCUT2D eigenvalue weighted by atomic mass is 10.1. The molecule has 1 aromatic heterocycles. The van der Waals surface area contributed by atoms with E-state index in [0.29, 0.717) is 11.6 Å². The maximum atomic E-state index is 10.5. The Hall–Kier alpha value is -1.85. The van der Waals surface area contributed by atoms with Crippen LogP contribution < -0.4 is 10.2 Å². The fourth-order valence-corrected chi connectivity index (χ4v) is 2.09. The Morgan fingerprint density at radius 2 is 2.11 bits per heavy atom. The number of rotatable bonds is 4. The van der Waals surface area contributed by atoms with E-state index in [2.05, 4.69) is 20.2 Å². The number of aromatic nitrogens is 2. The molecule has 0 saturated carbocycles. The number of piperidine rings is 1. The van der Waals surface area contributed by atoms with Gasteiger partial charge in [0.2, 0.25) is 0 Å².